The fourth-order valence-corrected chi connectivity index (χ4v) is 2.48. The molecule has 1 N–H and O–H groups in total. The number of fused-ring (bicyclic) bond motifs is 1. The van der Waals surface area contributed by atoms with Crippen LogP contribution in [0.1, 0.15) is 26.7 Å². The Labute approximate surface area is 111 Å². The fourth-order valence-electron chi connectivity index (χ4n) is 1.71. The first-order chi connectivity index (χ1) is 8.70. The Morgan fingerprint density at radius 2 is 2.22 bits per heavy atom. The zero-order valence-corrected chi connectivity index (χ0v) is 11.9. The standard InChI is InChI=1S/C13H19N3OS/c1-9(2)5-4-7-17-12-11-10(6-8-18-11)15-13(14-3)16-12/h6,8-9H,4-5,7H2,1-3H3,(H,14,15,16). The summed E-state index contributed by atoms with van der Waals surface area (Å²) in [4.78, 5) is 8.75. The van der Waals surface area contributed by atoms with Gasteiger partial charge in [0.15, 0.2) is 0 Å². The first kappa shape index (κ1) is 13.1. The predicted octanol–water partition coefficient (Wildman–Crippen LogP) is 3.55. The molecule has 0 saturated heterocycles. The van der Waals surface area contributed by atoms with E-state index in [9.17, 15) is 0 Å². The molecule has 2 aromatic rings. The highest BCUT2D eigenvalue weighted by Gasteiger charge is 2.09. The summed E-state index contributed by atoms with van der Waals surface area (Å²) in [5, 5.41) is 4.97. The lowest BCUT2D eigenvalue weighted by molar-refractivity contribution is 0.291. The van der Waals surface area contributed by atoms with E-state index in [1.165, 1.54) is 6.42 Å². The molecule has 0 radical (unpaired) electrons. The topological polar surface area (TPSA) is 47.0 Å². The van der Waals surface area contributed by atoms with Crippen LogP contribution in [0, 0.1) is 5.92 Å². The number of nitrogens with zero attached hydrogens (tertiary/aromatic N) is 2. The number of aromatic nitrogens is 2. The number of hydrogen-bond donors (Lipinski definition) is 1. The molecule has 5 heteroatoms. The number of anilines is 1. The van der Waals surface area contributed by atoms with E-state index in [-0.39, 0.29) is 0 Å². The van der Waals surface area contributed by atoms with Crippen molar-refractivity contribution in [1.29, 1.82) is 0 Å². The lowest BCUT2D eigenvalue weighted by atomic mass is 10.1. The van der Waals surface area contributed by atoms with E-state index in [0.717, 1.165) is 16.6 Å². The minimum Gasteiger partial charge on any atom is -0.477 e. The summed E-state index contributed by atoms with van der Waals surface area (Å²) < 4.78 is 6.82. The Morgan fingerprint density at radius 3 is 2.94 bits per heavy atom. The average molecular weight is 265 g/mol. The van der Waals surface area contributed by atoms with Crippen LogP contribution in [0.25, 0.3) is 10.2 Å². The minimum absolute atomic E-state index is 0.611. The highest BCUT2D eigenvalue weighted by atomic mass is 32.1. The van der Waals surface area contributed by atoms with Gasteiger partial charge in [-0.2, -0.15) is 4.98 Å². The van der Waals surface area contributed by atoms with Gasteiger partial charge in [-0.05, 0) is 30.2 Å². The van der Waals surface area contributed by atoms with Gasteiger partial charge in [-0.15, -0.1) is 11.3 Å². The molecule has 4 nitrogen and oxygen atoms in total. The SMILES string of the molecule is CNc1nc(OCCCC(C)C)c2sccc2n1. The lowest BCUT2D eigenvalue weighted by Gasteiger charge is -2.08. The maximum absolute atomic E-state index is 5.79. The van der Waals surface area contributed by atoms with Crippen molar-refractivity contribution in [2.75, 3.05) is 19.0 Å². The number of hydrogen-bond acceptors (Lipinski definition) is 5. The van der Waals surface area contributed by atoms with Gasteiger partial charge in [-0.3, -0.25) is 0 Å². The number of rotatable bonds is 6. The summed E-state index contributed by atoms with van der Waals surface area (Å²) in [5.41, 5.74) is 0.943. The van der Waals surface area contributed by atoms with Crippen LogP contribution < -0.4 is 10.1 Å². The van der Waals surface area contributed by atoms with Crippen LogP contribution >= 0.6 is 11.3 Å². The number of nitrogens with one attached hydrogen (secondary N) is 1. The monoisotopic (exact) mass is 265 g/mol. The van der Waals surface area contributed by atoms with E-state index < -0.39 is 0 Å². The van der Waals surface area contributed by atoms with Crippen molar-refractivity contribution in [1.82, 2.24) is 9.97 Å². The van der Waals surface area contributed by atoms with Gasteiger partial charge in [0.1, 0.15) is 4.70 Å². The van der Waals surface area contributed by atoms with Gasteiger partial charge in [0.2, 0.25) is 11.8 Å². The fraction of sp³-hybridized carbons (Fsp3) is 0.538. The van der Waals surface area contributed by atoms with Gasteiger partial charge in [-0.25, -0.2) is 4.98 Å². The van der Waals surface area contributed by atoms with Crippen LogP contribution in [0.5, 0.6) is 5.88 Å². The molecule has 0 atom stereocenters. The molecule has 0 spiro atoms. The van der Waals surface area contributed by atoms with E-state index in [4.69, 9.17) is 4.74 Å². The Bertz CT molecular complexity index is 510. The van der Waals surface area contributed by atoms with Crippen LogP contribution in [0.2, 0.25) is 0 Å². The highest BCUT2D eigenvalue weighted by molar-refractivity contribution is 7.17. The van der Waals surface area contributed by atoms with Gasteiger partial charge in [0, 0.05) is 7.05 Å². The molecule has 0 aliphatic carbocycles. The van der Waals surface area contributed by atoms with Crippen molar-refractivity contribution in [2.24, 2.45) is 5.92 Å². The quantitative estimate of drug-likeness (QED) is 0.811. The van der Waals surface area contributed by atoms with E-state index >= 15 is 0 Å². The molecule has 2 aromatic heterocycles. The maximum atomic E-state index is 5.79. The molecule has 0 unspecified atom stereocenters. The minimum atomic E-state index is 0.611. The van der Waals surface area contributed by atoms with E-state index in [1.807, 2.05) is 18.5 Å². The molecule has 18 heavy (non-hydrogen) atoms. The van der Waals surface area contributed by atoms with Gasteiger partial charge in [0.05, 0.1) is 12.1 Å². The first-order valence-electron chi connectivity index (χ1n) is 6.26. The van der Waals surface area contributed by atoms with E-state index in [2.05, 4.69) is 29.1 Å². The van der Waals surface area contributed by atoms with E-state index in [1.54, 1.807) is 11.3 Å². The summed E-state index contributed by atoms with van der Waals surface area (Å²) in [7, 11) is 1.82. The lowest BCUT2D eigenvalue weighted by Crippen LogP contribution is -2.03. The molecule has 0 saturated carbocycles. The molecule has 98 valence electrons. The van der Waals surface area contributed by atoms with Gasteiger partial charge >= 0.3 is 0 Å². The van der Waals surface area contributed by atoms with Crippen molar-refractivity contribution in [3.63, 3.8) is 0 Å². The zero-order chi connectivity index (χ0) is 13.0. The number of thiophene rings is 1. The normalized spacial score (nSPS) is 11.1. The van der Waals surface area contributed by atoms with Crippen molar-refractivity contribution in [2.45, 2.75) is 26.7 Å². The molecule has 0 amide bonds. The summed E-state index contributed by atoms with van der Waals surface area (Å²) in [6.07, 6.45) is 2.24. The van der Waals surface area contributed by atoms with Crippen LogP contribution in [0.4, 0.5) is 5.95 Å². The van der Waals surface area contributed by atoms with E-state index in [0.29, 0.717) is 24.4 Å². The van der Waals surface area contributed by atoms with Crippen molar-refractivity contribution >= 4 is 27.5 Å². The average Bonchev–Trinajstić information content (AvgIpc) is 2.82. The largest absolute Gasteiger partial charge is 0.477 e. The first-order valence-corrected chi connectivity index (χ1v) is 7.14. The van der Waals surface area contributed by atoms with Crippen molar-refractivity contribution in [3.8, 4) is 5.88 Å². The number of ether oxygens (including phenoxy) is 1. The second kappa shape index (κ2) is 6.00. The smallest absolute Gasteiger partial charge is 0.236 e. The molecular formula is C13H19N3OS. The maximum Gasteiger partial charge on any atom is 0.236 e. The van der Waals surface area contributed by atoms with Crippen molar-refractivity contribution < 1.29 is 4.74 Å². The van der Waals surface area contributed by atoms with Gasteiger partial charge in [0.25, 0.3) is 0 Å². The molecule has 0 aromatic carbocycles. The molecular weight excluding hydrogens is 246 g/mol. The summed E-state index contributed by atoms with van der Waals surface area (Å²) >= 11 is 1.62. The molecule has 2 rings (SSSR count). The van der Waals surface area contributed by atoms with Gasteiger partial charge < -0.3 is 10.1 Å². The predicted molar refractivity (Wildman–Crippen MR) is 76.5 cm³/mol. The Hall–Kier alpha value is -1.36. The second-order valence-electron chi connectivity index (χ2n) is 4.62. The Kier molecular flexibility index (Phi) is 4.36. The summed E-state index contributed by atoms with van der Waals surface area (Å²) in [5.74, 6) is 2.02. The molecule has 0 aliphatic rings. The Balaban J connectivity index is 2.08. The molecule has 0 bridgehead atoms. The van der Waals surface area contributed by atoms with Gasteiger partial charge in [-0.1, -0.05) is 13.8 Å². The molecule has 0 fully saturated rings. The third-order valence-corrected chi connectivity index (χ3v) is 3.55. The van der Waals surface area contributed by atoms with Crippen LogP contribution in [0.15, 0.2) is 11.4 Å². The summed E-state index contributed by atoms with van der Waals surface area (Å²) in [6.45, 7) is 5.16. The summed E-state index contributed by atoms with van der Waals surface area (Å²) in [6, 6.07) is 1.99. The third kappa shape index (κ3) is 3.10. The van der Waals surface area contributed by atoms with Crippen molar-refractivity contribution in [3.05, 3.63) is 11.4 Å². The zero-order valence-electron chi connectivity index (χ0n) is 11.1. The molecule has 0 aliphatic heterocycles. The van der Waals surface area contributed by atoms with Crippen LogP contribution in [0.3, 0.4) is 0 Å². The van der Waals surface area contributed by atoms with Crippen LogP contribution in [-0.4, -0.2) is 23.6 Å². The Morgan fingerprint density at radius 1 is 1.39 bits per heavy atom. The third-order valence-electron chi connectivity index (χ3n) is 2.66. The van der Waals surface area contributed by atoms with Crippen LogP contribution in [-0.2, 0) is 0 Å². The second-order valence-corrected chi connectivity index (χ2v) is 5.54. The molecule has 2 heterocycles. The highest BCUT2D eigenvalue weighted by Crippen LogP contribution is 2.29.